The molecule has 170 valence electrons. The Hall–Kier alpha value is -3.28. The van der Waals surface area contributed by atoms with E-state index in [1.54, 1.807) is 18.1 Å². The summed E-state index contributed by atoms with van der Waals surface area (Å²) in [6, 6.07) is 10.8. The zero-order valence-corrected chi connectivity index (χ0v) is 19.7. The maximum atomic E-state index is 13.1. The lowest BCUT2D eigenvalue weighted by molar-refractivity contribution is -0.139. The Bertz CT molecular complexity index is 1050. The molecular weight excluding hydrogens is 404 g/mol. The Morgan fingerprint density at radius 3 is 2.31 bits per heavy atom. The molecule has 1 amide bonds. The first-order valence-corrected chi connectivity index (χ1v) is 10.9. The Morgan fingerprint density at radius 1 is 1.09 bits per heavy atom. The number of Topliss-reactive ketones (excluding diaryl/α,β-unsaturated/α-hetero) is 1. The summed E-state index contributed by atoms with van der Waals surface area (Å²) in [5, 5.41) is 11.3. The molecule has 2 aromatic rings. The molecule has 0 aromatic heterocycles. The van der Waals surface area contributed by atoms with Gasteiger partial charge in [0.25, 0.3) is 11.7 Å². The molecule has 6 heteroatoms. The highest BCUT2D eigenvalue weighted by atomic mass is 16.5. The van der Waals surface area contributed by atoms with Gasteiger partial charge in [0.15, 0.2) is 0 Å². The van der Waals surface area contributed by atoms with Crippen molar-refractivity contribution in [3.8, 4) is 5.75 Å². The first-order valence-electron chi connectivity index (χ1n) is 10.9. The van der Waals surface area contributed by atoms with Crippen molar-refractivity contribution in [3.63, 3.8) is 0 Å². The van der Waals surface area contributed by atoms with Crippen molar-refractivity contribution in [1.82, 2.24) is 4.90 Å². The summed E-state index contributed by atoms with van der Waals surface area (Å²) in [7, 11) is 5.51. The molecule has 6 nitrogen and oxygen atoms in total. The predicted molar refractivity (Wildman–Crippen MR) is 127 cm³/mol. The van der Waals surface area contributed by atoms with Gasteiger partial charge in [-0.2, -0.15) is 0 Å². The number of ketones is 1. The van der Waals surface area contributed by atoms with Crippen molar-refractivity contribution in [2.24, 2.45) is 0 Å². The second-order valence-corrected chi connectivity index (χ2v) is 8.47. The molecule has 1 unspecified atom stereocenters. The summed E-state index contributed by atoms with van der Waals surface area (Å²) in [4.78, 5) is 29.7. The van der Waals surface area contributed by atoms with E-state index >= 15 is 0 Å². The number of aryl methyl sites for hydroxylation is 2. The molecule has 2 aromatic carbocycles. The van der Waals surface area contributed by atoms with E-state index in [0.717, 1.165) is 35.2 Å². The van der Waals surface area contributed by atoms with E-state index in [1.165, 1.54) is 0 Å². The monoisotopic (exact) mass is 436 g/mol. The van der Waals surface area contributed by atoms with E-state index in [1.807, 2.05) is 70.1 Å². The molecule has 1 fully saturated rings. The number of aliphatic hydroxyl groups excluding tert-OH is 1. The first-order chi connectivity index (χ1) is 15.2. The molecule has 1 atom stereocenters. The smallest absolute Gasteiger partial charge is 0.295 e. The Labute approximate surface area is 190 Å². The lowest BCUT2D eigenvalue weighted by Crippen LogP contribution is -2.30. The lowest BCUT2D eigenvalue weighted by Gasteiger charge is -2.26. The van der Waals surface area contributed by atoms with E-state index in [4.69, 9.17) is 4.74 Å². The van der Waals surface area contributed by atoms with Gasteiger partial charge in [0.2, 0.25) is 0 Å². The van der Waals surface area contributed by atoms with E-state index < -0.39 is 17.7 Å². The minimum atomic E-state index is -0.645. The average Bonchev–Trinajstić information content (AvgIpc) is 3.03. The van der Waals surface area contributed by atoms with Crippen molar-refractivity contribution >= 4 is 23.1 Å². The number of benzene rings is 2. The number of hydrogen-bond acceptors (Lipinski definition) is 5. The molecule has 1 aliphatic heterocycles. The van der Waals surface area contributed by atoms with Crippen LogP contribution in [0.15, 0.2) is 42.0 Å². The van der Waals surface area contributed by atoms with Gasteiger partial charge in [-0.3, -0.25) is 9.59 Å². The lowest BCUT2D eigenvalue weighted by atomic mass is 9.93. The highest BCUT2D eigenvalue weighted by Crippen LogP contribution is 2.41. The Kier molecular flexibility index (Phi) is 6.92. The Morgan fingerprint density at radius 2 is 1.75 bits per heavy atom. The van der Waals surface area contributed by atoms with E-state index in [9.17, 15) is 14.7 Å². The van der Waals surface area contributed by atoms with Gasteiger partial charge < -0.3 is 19.6 Å². The quantitative estimate of drug-likeness (QED) is 0.390. The van der Waals surface area contributed by atoms with Crippen LogP contribution in [0.1, 0.15) is 48.1 Å². The number of ether oxygens (including phenoxy) is 1. The summed E-state index contributed by atoms with van der Waals surface area (Å²) in [6.45, 7) is 6.23. The fourth-order valence-electron chi connectivity index (χ4n) is 4.15. The summed E-state index contributed by atoms with van der Waals surface area (Å²) < 4.78 is 5.38. The maximum absolute atomic E-state index is 13.1. The van der Waals surface area contributed by atoms with Crippen molar-refractivity contribution in [3.05, 3.63) is 64.2 Å². The van der Waals surface area contributed by atoms with Gasteiger partial charge in [0.05, 0.1) is 18.7 Å². The van der Waals surface area contributed by atoms with Crippen LogP contribution in [0.5, 0.6) is 5.75 Å². The van der Waals surface area contributed by atoms with Crippen molar-refractivity contribution < 1.29 is 19.4 Å². The second-order valence-electron chi connectivity index (χ2n) is 8.47. The van der Waals surface area contributed by atoms with Crippen LogP contribution in [0.4, 0.5) is 5.69 Å². The summed E-state index contributed by atoms with van der Waals surface area (Å²) in [5.74, 6) is -0.650. The fourth-order valence-corrected chi connectivity index (χ4v) is 4.15. The number of aliphatic hydroxyl groups is 1. The zero-order chi connectivity index (χ0) is 23.6. The van der Waals surface area contributed by atoms with Gasteiger partial charge in [0, 0.05) is 31.9 Å². The fraction of sp³-hybridized carbons (Fsp3) is 0.385. The maximum Gasteiger partial charge on any atom is 0.295 e. The SMILES string of the molecule is CCCCN1C(=O)C(=O)/C(=C(/O)c2cc(C)c(OC)cc2C)C1c1ccc(N(C)C)cc1. The number of likely N-dealkylation sites (tertiary alicyclic amines) is 1. The molecule has 0 bridgehead atoms. The van der Waals surface area contributed by atoms with Gasteiger partial charge in [-0.25, -0.2) is 0 Å². The highest BCUT2D eigenvalue weighted by Gasteiger charge is 2.45. The number of hydrogen-bond donors (Lipinski definition) is 1. The molecule has 0 radical (unpaired) electrons. The number of rotatable bonds is 7. The third-order valence-corrected chi connectivity index (χ3v) is 6.01. The van der Waals surface area contributed by atoms with Crippen LogP contribution in [0.25, 0.3) is 5.76 Å². The molecule has 1 N–H and O–H groups in total. The van der Waals surface area contributed by atoms with E-state index in [-0.39, 0.29) is 11.3 Å². The number of amides is 1. The minimum Gasteiger partial charge on any atom is -0.507 e. The van der Waals surface area contributed by atoms with Crippen LogP contribution in [0, 0.1) is 13.8 Å². The third-order valence-electron chi connectivity index (χ3n) is 6.01. The largest absolute Gasteiger partial charge is 0.507 e. The highest BCUT2D eigenvalue weighted by molar-refractivity contribution is 6.46. The van der Waals surface area contributed by atoms with Crippen molar-refractivity contribution in [2.75, 3.05) is 32.6 Å². The summed E-state index contributed by atoms with van der Waals surface area (Å²) in [6.07, 6.45) is 1.67. The van der Waals surface area contributed by atoms with Gasteiger partial charge in [-0.05, 0) is 61.2 Å². The van der Waals surface area contributed by atoms with Crippen LogP contribution in [-0.2, 0) is 9.59 Å². The van der Waals surface area contributed by atoms with Gasteiger partial charge in [0.1, 0.15) is 11.5 Å². The molecule has 0 aliphatic carbocycles. The van der Waals surface area contributed by atoms with Gasteiger partial charge in [-0.15, -0.1) is 0 Å². The average molecular weight is 437 g/mol. The standard InChI is InChI=1S/C26H32N2O4/c1-7-8-13-28-23(18-9-11-19(12-10-18)27(4)5)22(25(30)26(28)31)24(29)20-14-17(3)21(32-6)15-16(20)2/h9-12,14-15,23,29H,7-8,13H2,1-6H3/b24-22+. The number of carbonyl (C=O) groups is 2. The van der Waals surface area contributed by atoms with E-state index in [2.05, 4.69) is 0 Å². The molecule has 1 aliphatic rings. The topological polar surface area (TPSA) is 70.1 Å². The molecule has 0 spiro atoms. The molecular formula is C26H32N2O4. The van der Waals surface area contributed by atoms with Crippen LogP contribution < -0.4 is 9.64 Å². The summed E-state index contributed by atoms with van der Waals surface area (Å²) >= 11 is 0. The van der Waals surface area contributed by atoms with Crippen molar-refractivity contribution in [2.45, 2.75) is 39.7 Å². The van der Waals surface area contributed by atoms with Crippen LogP contribution in [-0.4, -0.2) is 49.4 Å². The van der Waals surface area contributed by atoms with Crippen molar-refractivity contribution in [1.29, 1.82) is 0 Å². The molecule has 0 saturated carbocycles. The summed E-state index contributed by atoms with van der Waals surface area (Å²) in [5.41, 5.74) is 4.09. The van der Waals surface area contributed by atoms with Gasteiger partial charge in [-0.1, -0.05) is 25.5 Å². The van der Waals surface area contributed by atoms with Gasteiger partial charge >= 0.3 is 0 Å². The number of unbranched alkanes of at least 4 members (excludes halogenated alkanes) is 1. The van der Waals surface area contributed by atoms with E-state index in [0.29, 0.717) is 17.9 Å². The molecule has 1 saturated heterocycles. The minimum absolute atomic E-state index is 0.136. The molecule has 3 rings (SSSR count). The van der Waals surface area contributed by atoms with Crippen LogP contribution in [0.3, 0.4) is 0 Å². The normalized spacial score (nSPS) is 17.7. The number of anilines is 1. The molecule has 32 heavy (non-hydrogen) atoms. The number of methoxy groups -OCH3 is 1. The van der Waals surface area contributed by atoms with Crippen LogP contribution >= 0.6 is 0 Å². The molecule has 1 heterocycles. The second kappa shape index (κ2) is 9.47. The zero-order valence-electron chi connectivity index (χ0n) is 19.7. The number of carbonyl (C=O) groups excluding carboxylic acids is 2. The third kappa shape index (κ3) is 4.22. The Balaban J connectivity index is 2.19. The first kappa shape index (κ1) is 23.4. The number of nitrogens with zero attached hydrogens (tertiary/aromatic N) is 2. The predicted octanol–water partition coefficient (Wildman–Crippen LogP) is 4.60. The van der Waals surface area contributed by atoms with Crippen LogP contribution in [0.2, 0.25) is 0 Å².